The number of aryl methyl sites for hydroxylation is 1. The number of piperidine rings is 1. The van der Waals surface area contributed by atoms with Crippen molar-refractivity contribution in [2.24, 2.45) is 18.9 Å². The Balaban J connectivity index is 1.55. The molecule has 2 N–H and O–H groups in total. The highest BCUT2D eigenvalue weighted by Crippen LogP contribution is 2.48. The molecule has 2 atom stereocenters. The van der Waals surface area contributed by atoms with Gasteiger partial charge in [-0.25, -0.2) is 4.98 Å². The van der Waals surface area contributed by atoms with Crippen LogP contribution in [0.1, 0.15) is 36.2 Å². The molecule has 2 aliphatic rings. The van der Waals surface area contributed by atoms with Gasteiger partial charge in [0.15, 0.2) is 0 Å². The van der Waals surface area contributed by atoms with Gasteiger partial charge in [-0.3, -0.25) is 4.90 Å². The lowest BCUT2D eigenvalue weighted by molar-refractivity contribution is -0.155. The summed E-state index contributed by atoms with van der Waals surface area (Å²) in [5.74, 6) is 1.92. The average Bonchev–Trinajstić information content (AvgIpc) is 3.09. The molecular weight excluding hydrogens is 342 g/mol. The van der Waals surface area contributed by atoms with Crippen LogP contribution >= 0.6 is 0 Å². The second-order valence-electron chi connectivity index (χ2n) is 8.01. The van der Waals surface area contributed by atoms with Crippen LogP contribution < -0.4 is 4.74 Å². The molecule has 146 valence electrons. The van der Waals surface area contributed by atoms with Crippen molar-refractivity contribution in [1.82, 2.24) is 14.5 Å². The molecule has 1 aliphatic heterocycles. The van der Waals surface area contributed by atoms with Crippen molar-refractivity contribution in [1.29, 1.82) is 0 Å². The lowest BCUT2D eigenvalue weighted by atomic mass is 9.65. The first kappa shape index (κ1) is 18.5. The topological polar surface area (TPSA) is 70.8 Å². The number of imidazole rings is 1. The van der Waals surface area contributed by atoms with E-state index in [-0.39, 0.29) is 18.4 Å². The highest BCUT2D eigenvalue weighted by Gasteiger charge is 2.53. The van der Waals surface area contributed by atoms with Crippen LogP contribution in [0.2, 0.25) is 0 Å². The number of methoxy groups -OCH3 is 1. The molecule has 2 bridgehead atoms. The van der Waals surface area contributed by atoms with Gasteiger partial charge in [-0.15, -0.1) is 0 Å². The summed E-state index contributed by atoms with van der Waals surface area (Å²) in [6, 6.07) is 6.01. The van der Waals surface area contributed by atoms with E-state index < -0.39 is 5.60 Å². The fourth-order valence-electron chi connectivity index (χ4n) is 5.10. The minimum atomic E-state index is -0.830. The van der Waals surface area contributed by atoms with Crippen molar-refractivity contribution < 1.29 is 14.9 Å². The third-order valence-corrected chi connectivity index (χ3v) is 6.41. The maximum Gasteiger partial charge on any atom is 0.141 e. The predicted molar refractivity (Wildman–Crippen MR) is 102 cm³/mol. The molecule has 2 heterocycles. The minimum absolute atomic E-state index is 0.0266. The number of fused-ring (bicyclic) bond motifs is 2. The molecule has 1 aromatic carbocycles. The van der Waals surface area contributed by atoms with E-state index in [0.717, 1.165) is 49.6 Å². The first-order valence-electron chi connectivity index (χ1n) is 9.75. The first-order valence-corrected chi connectivity index (χ1v) is 9.75. The maximum absolute atomic E-state index is 11.7. The fourth-order valence-corrected chi connectivity index (χ4v) is 5.10. The van der Waals surface area contributed by atoms with E-state index in [1.165, 1.54) is 12.0 Å². The van der Waals surface area contributed by atoms with Crippen molar-refractivity contribution in [2.45, 2.75) is 38.0 Å². The van der Waals surface area contributed by atoms with E-state index in [1.54, 1.807) is 13.3 Å². The van der Waals surface area contributed by atoms with E-state index >= 15 is 0 Å². The number of hydrogen-bond acceptors (Lipinski definition) is 5. The van der Waals surface area contributed by atoms with E-state index in [9.17, 15) is 10.2 Å². The Morgan fingerprint density at radius 2 is 2.00 bits per heavy atom. The maximum atomic E-state index is 11.7. The molecule has 0 amide bonds. The zero-order valence-corrected chi connectivity index (χ0v) is 16.1. The molecule has 6 nitrogen and oxygen atoms in total. The standard InChI is InChI=1S/C21H29N3O3/c1-23-9-8-22-20(23)21(26)17-4-3-5-18(21)13-24(12-17)11-15-6-7-19(27-2)16(10-15)14-25/h6-10,17-18,25-26H,3-5,11-14H2,1-2H3/t17-,18-/m1/s1. The minimum Gasteiger partial charge on any atom is -0.496 e. The highest BCUT2D eigenvalue weighted by molar-refractivity contribution is 5.37. The number of aliphatic hydroxyl groups excluding tert-OH is 1. The molecule has 1 aliphatic carbocycles. The molecule has 27 heavy (non-hydrogen) atoms. The van der Waals surface area contributed by atoms with Gasteiger partial charge in [0.1, 0.15) is 17.2 Å². The number of aromatic nitrogens is 2. The molecule has 0 unspecified atom stereocenters. The predicted octanol–water partition coefficient (Wildman–Crippen LogP) is 2.04. The summed E-state index contributed by atoms with van der Waals surface area (Å²) in [6.45, 7) is 2.52. The van der Waals surface area contributed by atoms with Crippen LogP contribution in [0, 0.1) is 11.8 Å². The lowest BCUT2D eigenvalue weighted by Gasteiger charge is -2.52. The molecule has 2 aromatic rings. The molecule has 1 saturated carbocycles. The summed E-state index contributed by atoms with van der Waals surface area (Å²) >= 11 is 0. The van der Waals surface area contributed by atoms with Gasteiger partial charge in [0.2, 0.25) is 0 Å². The van der Waals surface area contributed by atoms with Gasteiger partial charge >= 0.3 is 0 Å². The van der Waals surface area contributed by atoms with E-state index in [0.29, 0.717) is 0 Å². The van der Waals surface area contributed by atoms with Gasteiger partial charge in [-0.1, -0.05) is 12.5 Å². The van der Waals surface area contributed by atoms with Gasteiger partial charge < -0.3 is 19.5 Å². The fraction of sp³-hybridized carbons (Fsp3) is 0.571. The van der Waals surface area contributed by atoms with Crippen LogP contribution in [0.15, 0.2) is 30.6 Å². The summed E-state index contributed by atoms with van der Waals surface area (Å²) in [7, 11) is 3.59. The van der Waals surface area contributed by atoms with Crippen molar-refractivity contribution in [3.63, 3.8) is 0 Å². The van der Waals surface area contributed by atoms with Gasteiger partial charge in [-0.05, 0) is 30.5 Å². The third kappa shape index (κ3) is 3.16. The summed E-state index contributed by atoms with van der Waals surface area (Å²) < 4.78 is 7.28. The van der Waals surface area contributed by atoms with Crippen LogP contribution in [-0.4, -0.2) is 44.9 Å². The number of benzene rings is 1. The monoisotopic (exact) mass is 371 g/mol. The van der Waals surface area contributed by atoms with Crippen LogP contribution in [-0.2, 0) is 25.8 Å². The molecule has 2 fully saturated rings. The molecule has 0 radical (unpaired) electrons. The smallest absolute Gasteiger partial charge is 0.141 e. The summed E-state index contributed by atoms with van der Waals surface area (Å²) in [6.07, 6.45) is 6.93. The first-order chi connectivity index (χ1) is 13.1. The number of ether oxygens (including phenoxy) is 1. The second-order valence-corrected chi connectivity index (χ2v) is 8.01. The number of likely N-dealkylation sites (tertiary alicyclic amines) is 1. The Labute approximate surface area is 160 Å². The number of nitrogens with zero attached hydrogens (tertiary/aromatic N) is 3. The van der Waals surface area contributed by atoms with E-state index in [2.05, 4.69) is 16.0 Å². The zero-order chi connectivity index (χ0) is 19.0. The van der Waals surface area contributed by atoms with Crippen LogP contribution in [0.4, 0.5) is 0 Å². The Morgan fingerprint density at radius 3 is 2.59 bits per heavy atom. The van der Waals surface area contributed by atoms with E-state index in [1.807, 2.05) is 29.9 Å². The van der Waals surface area contributed by atoms with Crippen LogP contribution in [0.5, 0.6) is 5.75 Å². The number of rotatable bonds is 5. The number of hydrogen-bond donors (Lipinski definition) is 2. The van der Waals surface area contributed by atoms with Gasteiger partial charge in [-0.2, -0.15) is 0 Å². The SMILES string of the molecule is COc1ccc(CN2C[C@H]3CCC[C@H](C2)C3(O)c2nccn2C)cc1CO. The van der Waals surface area contributed by atoms with E-state index in [4.69, 9.17) is 4.74 Å². The number of aliphatic hydroxyl groups is 2. The van der Waals surface area contributed by atoms with Gasteiger partial charge in [0.05, 0.1) is 13.7 Å². The van der Waals surface area contributed by atoms with Crippen molar-refractivity contribution in [3.05, 3.63) is 47.5 Å². The summed E-state index contributed by atoms with van der Waals surface area (Å²) in [5, 5.41) is 21.2. The van der Waals surface area contributed by atoms with Crippen molar-refractivity contribution in [2.75, 3.05) is 20.2 Å². The average molecular weight is 371 g/mol. The lowest BCUT2D eigenvalue weighted by Crippen LogP contribution is -2.58. The molecule has 1 aromatic heterocycles. The molecule has 6 heteroatoms. The molecule has 1 saturated heterocycles. The van der Waals surface area contributed by atoms with Crippen LogP contribution in [0.3, 0.4) is 0 Å². The molecular formula is C21H29N3O3. The highest BCUT2D eigenvalue weighted by atomic mass is 16.5. The van der Waals surface area contributed by atoms with Crippen molar-refractivity contribution in [3.8, 4) is 5.75 Å². The zero-order valence-electron chi connectivity index (χ0n) is 16.1. The third-order valence-electron chi connectivity index (χ3n) is 6.41. The van der Waals surface area contributed by atoms with Gasteiger partial charge in [0, 0.05) is 56.5 Å². The normalized spacial score (nSPS) is 28.3. The van der Waals surface area contributed by atoms with Crippen molar-refractivity contribution >= 4 is 0 Å². The van der Waals surface area contributed by atoms with Gasteiger partial charge in [0.25, 0.3) is 0 Å². The Bertz CT molecular complexity index is 790. The van der Waals surface area contributed by atoms with Crippen LogP contribution in [0.25, 0.3) is 0 Å². The quantitative estimate of drug-likeness (QED) is 0.842. The Kier molecular flexibility index (Phi) is 4.97. The molecule has 4 rings (SSSR count). The Hall–Kier alpha value is -1.89. The second kappa shape index (κ2) is 7.26. The summed E-state index contributed by atoms with van der Waals surface area (Å²) in [4.78, 5) is 6.94. The largest absolute Gasteiger partial charge is 0.496 e. The summed E-state index contributed by atoms with van der Waals surface area (Å²) in [5.41, 5.74) is 1.15. The Morgan fingerprint density at radius 1 is 1.26 bits per heavy atom. The molecule has 0 spiro atoms.